The molecular formula is C16H23N3O. The summed E-state index contributed by atoms with van der Waals surface area (Å²) in [7, 11) is 0. The number of hydrogen-bond acceptors (Lipinski definition) is 3. The maximum Gasteiger partial charge on any atom is 0.256 e. The molecular weight excluding hydrogens is 250 g/mol. The summed E-state index contributed by atoms with van der Waals surface area (Å²) in [4.78, 5) is 17.1. The summed E-state index contributed by atoms with van der Waals surface area (Å²) in [5.74, 6) is 0.0905. The van der Waals surface area contributed by atoms with Crippen molar-refractivity contribution in [3.05, 3.63) is 29.3 Å². The molecule has 0 aliphatic carbocycles. The fourth-order valence-electron chi connectivity index (χ4n) is 3.39. The Kier molecular flexibility index (Phi) is 3.66. The lowest BCUT2D eigenvalue weighted by Gasteiger charge is -2.44. The van der Waals surface area contributed by atoms with E-state index in [1.807, 2.05) is 30.0 Å². The number of carbonyl (C=O) groups is 1. The van der Waals surface area contributed by atoms with Crippen LogP contribution in [0.2, 0.25) is 0 Å². The Bertz CT molecular complexity index is 514. The van der Waals surface area contributed by atoms with Crippen LogP contribution in [-0.2, 0) is 0 Å². The molecule has 0 aromatic heterocycles. The molecule has 4 heteroatoms. The maximum atomic E-state index is 12.6. The van der Waals surface area contributed by atoms with Crippen molar-refractivity contribution in [3.8, 4) is 0 Å². The minimum Gasteiger partial charge on any atom is -0.398 e. The number of amides is 1. The molecule has 1 unspecified atom stereocenters. The minimum absolute atomic E-state index is 0.0905. The molecule has 1 atom stereocenters. The Hall–Kier alpha value is -1.55. The molecule has 2 aliphatic rings. The van der Waals surface area contributed by atoms with Gasteiger partial charge in [0.1, 0.15) is 0 Å². The van der Waals surface area contributed by atoms with Gasteiger partial charge in [-0.05, 0) is 44.0 Å². The molecule has 0 bridgehead atoms. The largest absolute Gasteiger partial charge is 0.398 e. The summed E-state index contributed by atoms with van der Waals surface area (Å²) < 4.78 is 0. The third-order valence-electron chi connectivity index (χ3n) is 4.56. The van der Waals surface area contributed by atoms with E-state index in [0.717, 1.165) is 25.2 Å². The molecule has 0 spiro atoms. The highest BCUT2D eigenvalue weighted by atomic mass is 16.2. The number of piperazine rings is 1. The lowest BCUT2D eigenvalue weighted by Crippen LogP contribution is -2.56. The number of benzene rings is 1. The predicted octanol–water partition coefficient (Wildman–Crippen LogP) is 1.89. The van der Waals surface area contributed by atoms with E-state index in [-0.39, 0.29) is 5.91 Å². The first-order chi connectivity index (χ1) is 9.65. The van der Waals surface area contributed by atoms with E-state index in [9.17, 15) is 4.79 Å². The van der Waals surface area contributed by atoms with Gasteiger partial charge in [-0.2, -0.15) is 0 Å². The van der Waals surface area contributed by atoms with Crippen LogP contribution in [0.5, 0.6) is 0 Å². The smallest absolute Gasteiger partial charge is 0.256 e. The molecule has 2 heterocycles. The van der Waals surface area contributed by atoms with Crippen molar-refractivity contribution in [2.45, 2.75) is 32.2 Å². The second-order valence-electron chi connectivity index (χ2n) is 6.03. The molecule has 3 rings (SSSR count). The highest BCUT2D eigenvalue weighted by Gasteiger charge is 2.31. The highest BCUT2D eigenvalue weighted by molar-refractivity contribution is 5.99. The highest BCUT2D eigenvalue weighted by Crippen LogP contribution is 2.23. The number of fused-ring (bicyclic) bond motifs is 1. The number of hydrogen-bond donors (Lipinski definition) is 1. The van der Waals surface area contributed by atoms with Crippen LogP contribution in [0.4, 0.5) is 5.69 Å². The number of nitrogen functional groups attached to an aromatic ring is 1. The quantitative estimate of drug-likeness (QED) is 0.795. The van der Waals surface area contributed by atoms with Crippen LogP contribution in [-0.4, -0.2) is 47.9 Å². The third-order valence-corrected chi connectivity index (χ3v) is 4.56. The van der Waals surface area contributed by atoms with E-state index in [2.05, 4.69) is 4.90 Å². The molecule has 0 saturated carbocycles. The zero-order valence-electron chi connectivity index (χ0n) is 12.1. The van der Waals surface area contributed by atoms with Crippen molar-refractivity contribution in [1.29, 1.82) is 0 Å². The van der Waals surface area contributed by atoms with Crippen LogP contribution in [0.25, 0.3) is 0 Å². The fourth-order valence-corrected chi connectivity index (χ4v) is 3.39. The molecule has 1 amide bonds. The van der Waals surface area contributed by atoms with Gasteiger partial charge in [-0.25, -0.2) is 0 Å². The second-order valence-corrected chi connectivity index (χ2v) is 6.03. The number of rotatable bonds is 1. The predicted molar refractivity (Wildman–Crippen MR) is 80.7 cm³/mol. The standard InChI is InChI=1S/C16H23N3O/c1-12-5-6-14(15(17)10-12)16(20)19-9-8-18-7-3-2-4-13(18)11-19/h5-6,10,13H,2-4,7-9,11,17H2,1H3. The van der Waals surface area contributed by atoms with Gasteiger partial charge in [-0.15, -0.1) is 0 Å². The number of carbonyl (C=O) groups excluding carboxylic acids is 1. The third kappa shape index (κ3) is 2.52. The average Bonchev–Trinajstić information content (AvgIpc) is 2.46. The number of aryl methyl sites for hydroxylation is 1. The number of piperidine rings is 1. The Morgan fingerprint density at radius 2 is 2.10 bits per heavy atom. The average molecular weight is 273 g/mol. The van der Waals surface area contributed by atoms with Crippen LogP contribution in [0.15, 0.2) is 18.2 Å². The Morgan fingerprint density at radius 3 is 2.90 bits per heavy atom. The fraction of sp³-hybridized carbons (Fsp3) is 0.562. The second kappa shape index (κ2) is 5.44. The Balaban J connectivity index is 1.74. The van der Waals surface area contributed by atoms with Gasteiger partial charge in [-0.1, -0.05) is 12.5 Å². The van der Waals surface area contributed by atoms with Crippen molar-refractivity contribution < 1.29 is 4.79 Å². The topological polar surface area (TPSA) is 49.6 Å². The van der Waals surface area contributed by atoms with Gasteiger partial charge >= 0.3 is 0 Å². The zero-order chi connectivity index (χ0) is 14.1. The van der Waals surface area contributed by atoms with Crippen LogP contribution < -0.4 is 5.73 Å². The molecule has 1 aromatic rings. The van der Waals surface area contributed by atoms with Crippen LogP contribution in [0.1, 0.15) is 35.2 Å². The number of anilines is 1. The molecule has 0 radical (unpaired) electrons. The first kappa shape index (κ1) is 13.4. The summed E-state index contributed by atoms with van der Waals surface area (Å²) in [5.41, 5.74) is 8.35. The van der Waals surface area contributed by atoms with Gasteiger partial charge in [0.25, 0.3) is 5.91 Å². The van der Waals surface area contributed by atoms with E-state index in [0.29, 0.717) is 17.3 Å². The van der Waals surface area contributed by atoms with Crippen LogP contribution >= 0.6 is 0 Å². The van der Waals surface area contributed by atoms with Gasteiger partial charge in [0.2, 0.25) is 0 Å². The summed E-state index contributed by atoms with van der Waals surface area (Å²) in [5, 5.41) is 0. The lowest BCUT2D eigenvalue weighted by atomic mass is 9.99. The van der Waals surface area contributed by atoms with E-state index < -0.39 is 0 Å². The number of nitrogens with two attached hydrogens (primary N) is 1. The summed E-state index contributed by atoms with van der Waals surface area (Å²) in [6, 6.07) is 6.25. The van der Waals surface area contributed by atoms with Gasteiger partial charge in [0, 0.05) is 31.4 Å². The summed E-state index contributed by atoms with van der Waals surface area (Å²) in [6.45, 7) is 5.86. The van der Waals surface area contributed by atoms with Crippen molar-refractivity contribution in [3.63, 3.8) is 0 Å². The molecule has 108 valence electrons. The molecule has 2 aliphatic heterocycles. The van der Waals surface area contributed by atoms with Crippen LogP contribution in [0.3, 0.4) is 0 Å². The van der Waals surface area contributed by atoms with Gasteiger partial charge < -0.3 is 10.6 Å². The van der Waals surface area contributed by atoms with Gasteiger partial charge in [-0.3, -0.25) is 9.69 Å². The van der Waals surface area contributed by atoms with E-state index >= 15 is 0 Å². The summed E-state index contributed by atoms with van der Waals surface area (Å²) >= 11 is 0. The molecule has 2 N–H and O–H groups in total. The summed E-state index contributed by atoms with van der Waals surface area (Å²) in [6.07, 6.45) is 3.80. The van der Waals surface area contributed by atoms with E-state index in [1.165, 1.54) is 25.8 Å². The van der Waals surface area contributed by atoms with Crippen LogP contribution in [0, 0.1) is 6.92 Å². The van der Waals surface area contributed by atoms with Gasteiger partial charge in [0.05, 0.1) is 5.56 Å². The van der Waals surface area contributed by atoms with E-state index in [4.69, 9.17) is 5.73 Å². The zero-order valence-corrected chi connectivity index (χ0v) is 12.1. The molecule has 20 heavy (non-hydrogen) atoms. The van der Waals surface area contributed by atoms with Crippen molar-refractivity contribution >= 4 is 11.6 Å². The minimum atomic E-state index is 0.0905. The van der Waals surface area contributed by atoms with E-state index in [1.54, 1.807) is 0 Å². The Labute approximate surface area is 120 Å². The van der Waals surface area contributed by atoms with Crippen molar-refractivity contribution in [1.82, 2.24) is 9.80 Å². The Morgan fingerprint density at radius 1 is 1.25 bits per heavy atom. The normalized spacial score (nSPS) is 23.4. The molecule has 2 fully saturated rings. The molecule has 4 nitrogen and oxygen atoms in total. The number of nitrogens with zero attached hydrogens (tertiary/aromatic N) is 2. The van der Waals surface area contributed by atoms with Crippen molar-refractivity contribution in [2.24, 2.45) is 0 Å². The lowest BCUT2D eigenvalue weighted by molar-refractivity contribution is 0.0373. The first-order valence-electron chi connectivity index (χ1n) is 7.54. The molecule has 1 aromatic carbocycles. The first-order valence-corrected chi connectivity index (χ1v) is 7.54. The SMILES string of the molecule is Cc1ccc(C(=O)N2CCN3CCCCC3C2)c(N)c1. The monoisotopic (exact) mass is 273 g/mol. The van der Waals surface area contributed by atoms with Crippen molar-refractivity contribution in [2.75, 3.05) is 31.9 Å². The molecule has 2 saturated heterocycles. The maximum absolute atomic E-state index is 12.6. The van der Waals surface area contributed by atoms with Gasteiger partial charge in [0.15, 0.2) is 0 Å².